The predicted molar refractivity (Wildman–Crippen MR) is 57.4 cm³/mol. The highest BCUT2D eigenvalue weighted by molar-refractivity contribution is 8.01. The molecule has 4 nitrogen and oxygen atoms in total. The van der Waals surface area contributed by atoms with Gasteiger partial charge in [-0.1, -0.05) is 11.8 Å². The molecule has 0 aliphatic carbocycles. The number of benzene rings is 1. The van der Waals surface area contributed by atoms with Crippen LogP contribution in [0.5, 0.6) is 0 Å². The topological polar surface area (TPSA) is 63.1 Å². The van der Waals surface area contributed by atoms with E-state index < -0.39 is 11.8 Å². The van der Waals surface area contributed by atoms with Crippen molar-refractivity contribution >= 4 is 29.3 Å². The number of carbonyl (C=O) groups is 1. The van der Waals surface area contributed by atoms with Crippen molar-refractivity contribution < 1.29 is 14.3 Å². The van der Waals surface area contributed by atoms with E-state index >= 15 is 0 Å². The fourth-order valence-corrected chi connectivity index (χ4v) is 2.57. The summed E-state index contributed by atoms with van der Waals surface area (Å²) in [5.41, 5.74) is -0.0693. The number of halogens is 1. The van der Waals surface area contributed by atoms with Crippen molar-refractivity contribution in [3.05, 3.63) is 35.9 Å². The molecule has 7 heteroatoms. The molecule has 0 bridgehead atoms. The molecule has 1 aromatic heterocycles. The number of carboxylic acids is 1. The van der Waals surface area contributed by atoms with Gasteiger partial charge in [0.1, 0.15) is 12.1 Å². The van der Waals surface area contributed by atoms with Gasteiger partial charge in [-0.3, -0.25) is 0 Å². The first kappa shape index (κ1) is 11.0. The molecule has 2 rings (SSSR count). The molecule has 0 aliphatic rings. The summed E-state index contributed by atoms with van der Waals surface area (Å²) in [6.07, 6.45) is 1.39. The third-order valence-electron chi connectivity index (χ3n) is 1.71. The van der Waals surface area contributed by atoms with Crippen molar-refractivity contribution in [2.45, 2.75) is 9.24 Å². The average Bonchev–Trinajstić information content (AvgIpc) is 2.73. The lowest BCUT2D eigenvalue weighted by Gasteiger charge is -2.02. The van der Waals surface area contributed by atoms with Crippen LogP contribution in [0.3, 0.4) is 0 Å². The van der Waals surface area contributed by atoms with Crippen LogP contribution in [0.2, 0.25) is 0 Å². The lowest BCUT2D eigenvalue weighted by molar-refractivity contribution is 0.0692. The van der Waals surface area contributed by atoms with Crippen molar-refractivity contribution in [3.8, 4) is 0 Å². The molecular weight excluding hydrogens is 251 g/mol. The average molecular weight is 256 g/mol. The van der Waals surface area contributed by atoms with E-state index in [4.69, 9.17) is 5.11 Å². The third-order valence-corrected chi connectivity index (χ3v) is 3.50. The summed E-state index contributed by atoms with van der Waals surface area (Å²) in [7, 11) is 0. The van der Waals surface area contributed by atoms with Crippen molar-refractivity contribution in [3.63, 3.8) is 0 Å². The van der Waals surface area contributed by atoms with Gasteiger partial charge < -0.3 is 5.11 Å². The molecule has 0 radical (unpaired) electrons. The molecule has 0 amide bonds. The van der Waals surface area contributed by atoms with Gasteiger partial charge in [0.05, 0.1) is 5.56 Å². The number of nitrogens with zero attached hydrogens (tertiary/aromatic N) is 2. The number of aromatic nitrogens is 2. The van der Waals surface area contributed by atoms with Gasteiger partial charge in [0.25, 0.3) is 0 Å². The number of aromatic carboxylic acids is 1. The van der Waals surface area contributed by atoms with Gasteiger partial charge in [-0.25, -0.2) is 14.2 Å². The number of rotatable bonds is 3. The number of carboxylic acid groups (broad SMARTS) is 1. The Morgan fingerprint density at radius 2 is 2.31 bits per heavy atom. The van der Waals surface area contributed by atoms with Gasteiger partial charge in [0, 0.05) is 4.90 Å². The van der Waals surface area contributed by atoms with Gasteiger partial charge in [0.15, 0.2) is 4.34 Å². The second-order valence-corrected chi connectivity index (χ2v) is 4.82. The summed E-state index contributed by atoms with van der Waals surface area (Å²) in [5.74, 6) is -1.73. The quantitative estimate of drug-likeness (QED) is 0.914. The summed E-state index contributed by atoms with van der Waals surface area (Å²) in [6.45, 7) is 0. The van der Waals surface area contributed by atoms with Crippen LogP contribution in [-0.2, 0) is 0 Å². The van der Waals surface area contributed by atoms with Crippen LogP contribution in [0.1, 0.15) is 10.4 Å². The molecule has 0 spiro atoms. The Hall–Kier alpha value is -1.47. The fourth-order valence-electron chi connectivity index (χ4n) is 1.06. The first-order valence-corrected chi connectivity index (χ1v) is 5.73. The second kappa shape index (κ2) is 4.58. The largest absolute Gasteiger partial charge is 0.478 e. The first-order chi connectivity index (χ1) is 7.66. The summed E-state index contributed by atoms with van der Waals surface area (Å²) in [5, 5.41) is 8.91. The van der Waals surface area contributed by atoms with Crippen LogP contribution in [0.25, 0.3) is 0 Å². The van der Waals surface area contributed by atoms with Gasteiger partial charge in [-0.2, -0.15) is 4.37 Å². The second-order valence-electron chi connectivity index (χ2n) is 2.75. The Morgan fingerprint density at radius 3 is 2.94 bits per heavy atom. The monoisotopic (exact) mass is 256 g/mol. The smallest absolute Gasteiger partial charge is 0.336 e. The zero-order valence-electron chi connectivity index (χ0n) is 7.75. The Balaban J connectivity index is 2.36. The highest BCUT2D eigenvalue weighted by Crippen LogP contribution is 2.31. The van der Waals surface area contributed by atoms with E-state index in [1.807, 2.05) is 0 Å². The fraction of sp³-hybridized carbons (Fsp3) is 0. The van der Waals surface area contributed by atoms with Crippen molar-refractivity contribution in [1.29, 1.82) is 0 Å². The van der Waals surface area contributed by atoms with Crippen molar-refractivity contribution in [1.82, 2.24) is 9.36 Å². The molecule has 82 valence electrons. The van der Waals surface area contributed by atoms with Crippen LogP contribution >= 0.6 is 23.3 Å². The molecule has 1 aromatic carbocycles. The maximum atomic E-state index is 12.9. The van der Waals surface area contributed by atoms with Crippen LogP contribution in [0.15, 0.2) is 33.8 Å². The number of hydrogen-bond donors (Lipinski definition) is 1. The van der Waals surface area contributed by atoms with Crippen LogP contribution in [-0.4, -0.2) is 20.4 Å². The number of hydrogen-bond acceptors (Lipinski definition) is 5. The van der Waals surface area contributed by atoms with E-state index in [0.717, 1.165) is 29.4 Å². The van der Waals surface area contributed by atoms with Gasteiger partial charge in [-0.05, 0) is 29.7 Å². The zero-order chi connectivity index (χ0) is 11.5. The Labute approximate surface area is 98.3 Å². The highest BCUT2D eigenvalue weighted by Gasteiger charge is 2.13. The van der Waals surface area contributed by atoms with E-state index in [2.05, 4.69) is 9.36 Å². The molecule has 0 saturated carbocycles. The molecule has 1 heterocycles. The van der Waals surface area contributed by atoms with Crippen LogP contribution in [0.4, 0.5) is 4.39 Å². The first-order valence-electron chi connectivity index (χ1n) is 4.14. The molecular formula is C9H5FN2O2S2. The summed E-state index contributed by atoms with van der Waals surface area (Å²) < 4.78 is 17.3. The Bertz CT molecular complexity index is 516. The van der Waals surface area contributed by atoms with Gasteiger partial charge >= 0.3 is 5.97 Å². The van der Waals surface area contributed by atoms with E-state index in [1.165, 1.54) is 18.5 Å². The molecule has 0 fully saturated rings. The molecule has 0 unspecified atom stereocenters. The molecule has 0 aliphatic heterocycles. The van der Waals surface area contributed by atoms with Crippen LogP contribution < -0.4 is 0 Å². The van der Waals surface area contributed by atoms with Crippen LogP contribution in [0, 0.1) is 5.82 Å². The summed E-state index contributed by atoms with van der Waals surface area (Å²) >= 11 is 2.31. The molecule has 0 atom stereocenters. The third kappa shape index (κ3) is 2.37. The molecule has 0 saturated heterocycles. The Kier molecular flexibility index (Phi) is 3.16. The zero-order valence-corrected chi connectivity index (χ0v) is 9.39. The van der Waals surface area contributed by atoms with E-state index in [9.17, 15) is 9.18 Å². The van der Waals surface area contributed by atoms with Crippen molar-refractivity contribution in [2.75, 3.05) is 0 Å². The minimum Gasteiger partial charge on any atom is -0.478 e. The molecule has 16 heavy (non-hydrogen) atoms. The minimum absolute atomic E-state index is 0.0693. The highest BCUT2D eigenvalue weighted by atomic mass is 32.2. The van der Waals surface area contributed by atoms with E-state index in [0.29, 0.717) is 9.24 Å². The lowest BCUT2D eigenvalue weighted by Crippen LogP contribution is -1.99. The SMILES string of the molecule is O=C(O)c1cc(F)ccc1Sc1ncns1. The lowest BCUT2D eigenvalue weighted by atomic mass is 10.2. The minimum atomic E-state index is -1.16. The standard InChI is InChI=1S/C9H5FN2O2S2/c10-5-1-2-7(6(3-5)8(13)14)15-9-11-4-12-16-9/h1-4H,(H,13,14). The summed E-state index contributed by atoms with van der Waals surface area (Å²) in [4.78, 5) is 15.3. The normalized spacial score (nSPS) is 10.3. The predicted octanol–water partition coefficient (Wildman–Crippen LogP) is 2.53. The maximum absolute atomic E-state index is 12.9. The summed E-state index contributed by atoms with van der Waals surface area (Å²) in [6, 6.07) is 3.63. The van der Waals surface area contributed by atoms with E-state index in [-0.39, 0.29) is 5.56 Å². The maximum Gasteiger partial charge on any atom is 0.336 e. The van der Waals surface area contributed by atoms with Gasteiger partial charge in [0.2, 0.25) is 0 Å². The van der Waals surface area contributed by atoms with Gasteiger partial charge in [-0.15, -0.1) is 0 Å². The molecule has 2 aromatic rings. The van der Waals surface area contributed by atoms with Crippen molar-refractivity contribution in [2.24, 2.45) is 0 Å². The molecule has 1 N–H and O–H groups in total. The van der Waals surface area contributed by atoms with E-state index in [1.54, 1.807) is 0 Å². The Morgan fingerprint density at radius 1 is 1.50 bits per heavy atom.